The number of nitrogens with two attached hydrogens (primary N) is 1. The molecule has 5 heteroatoms. The summed E-state index contributed by atoms with van der Waals surface area (Å²) < 4.78 is 2.23. The summed E-state index contributed by atoms with van der Waals surface area (Å²) in [6.45, 7) is 0.972. The molecule has 106 valence electrons. The van der Waals surface area contributed by atoms with Crippen molar-refractivity contribution in [3.8, 4) is 11.3 Å². The summed E-state index contributed by atoms with van der Waals surface area (Å²) in [4.78, 5) is 10.8. The first kappa shape index (κ1) is 13.1. The largest absolute Gasteiger partial charge is 0.384 e. The number of imidazole rings is 1. The van der Waals surface area contributed by atoms with Gasteiger partial charge in [0.1, 0.15) is 5.82 Å². The second kappa shape index (κ2) is 4.90. The van der Waals surface area contributed by atoms with Crippen LogP contribution >= 0.6 is 0 Å². The normalized spacial score (nSPS) is 17.1. The average molecular weight is 271 g/mol. The van der Waals surface area contributed by atoms with Crippen LogP contribution in [0, 0.1) is 0 Å². The van der Waals surface area contributed by atoms with Crippen LogP contribution < -0.4 is 5.73 Å². The van der Waals surface area contributed by atoms with Crippen molar-refractivity contribution in [2.75, 3.05) is 19.8 Å². The van der Waals surface area contributed by atoms with Crippen molar-refractivity contribution in [3.63, 3.8) is 0 Å². The maximum Gasteiger partial charge on any atom is 0.123 e. The van der Waals surface area contributed by atoms with E-state index in [0.717, 1.165) is 17.8 Å². The Morgan fingerprint density at radius 3 is 2.65 bits per heavy atom. The maximum atomic E-state index is 5.65. The van der Waals surface area contributed by atoms with E-state index in [2.05, 4.69) is 33.5 Å². The van der Waals surface area contributed by atoms with E-state index >= 15 is 0 Å². The van der Waals surface area contributed by atoms with Crippen LogP contribution in [-0.4, -0.2) is 39.1 Å². The number of nitrogen functional groups attached to an aromatic ring is 1. The minimum absolute atomic E-state index is 0.274. The van der Waals surface area contributed by atoms with E-state index < -0.39 is 0 Å². The zero-order chi connectivity index (χ0) is 14.2. The van der Waals surface area contributed by atoms with Crippen LogP contribution in [0.25, 0.3) is 11.3 Å². The fourth-order valence-electron chi connectivity index (χ4n) is 2.89. The first-order valence-corrected chi connectivity index (χ1v) is 7.00. The van der Waals surface area contributed by atoms with Crippen molar-refractivity contribution in [1.29, 1.82) is 0 Å². The molecule has 0 radical (unpaired) electrons. The van der Waals surface area contributed by atoms with Crippen molar-refractivity contribution < 1.29 is 0 Å². The van der Waals surface area contributed by atoms with Gasteiger partial charge in [0.2, 0.25) is 0 Å². The molecule has 0 aromatic carbocycles. The fourth-order valence-corrected chi connectivity index (χ4v) is 2.89. The van der Waals surface area contributed by atoms with Gasteiger partial charge in [-0.3, -0.25) is 0 Å². The van der Waals surface area contributed by atoms with Gasteiger partial charge in [-0.25, -0.2) is 9.97 Å². The number of aromatic nitrogens is 3. The first-order valence-electron chi connectivity index (χ1n) is 7.00. The smallest absolute Gasteiger partial charge is 0.123 e. The number of pyridine rings is 1. The zero-order valence-electron chi connectivity index (χ0n) is 12.1. The van der Waals surface area contributed by atoms with Crippen LogP contribution in [0.2, 0.25) is 0 Å². The highest BCUT2D eigenvalue weighted by molar-refractivity contribution is 5.59. The minimum Gasteiger partial charge on any atom is -0.384 e. The Morgan fingerprint density at radius 2 is 2.10 bits per heavy atom. The first-order chi connectivity index (χ1) is 9.61. The molecule has 0 spiro atoms. The Labute approximate surface area is 119 Å². The van der Waals surface area contributed by atoms with Gasteiger partial charge in [0, 0.05) is 23.8 Å². The predicted octanol–water partition coefficient (Wildman–Crippen LogP) is 2.01. The van der Waals surface area contributed by atoms with Crippen molar-refractivity contribution >= 4 is 5.82 Å². The number of nitrogens with zero attached hydrogens (tertiary/aromatic N) is 4. The molecule has 0 bridgehead atoms. The lowest BCUT2D eigenvalue weighted by Crippen LogP contribution is -2.53. The Kier molecular flexibility index (Phi) is 3.22. The van der Waals surface area contributed by atoms with E-state index in [1.165, 1.54) is 19.3 Å². The molecule has 0 aliphatic heterocycles. The van der Waals surface area contributed by atoms with Crippen molar-refractivity contribution in [2.45, 2.75) is 31.3 Å². The van der Waals surface area contributed by atoms with E-state index in [0.29, 0.717) is 5.82 Å². The average Bonchev–Trinajstić information content (AvgIpc) is 2.82. The predicted molar refractivity (Wildman–Crippen MR) is 80.1 cm³/mol. The third-order valence-electron chi connectivity index (χ3n) is 4.49. The number of hydrogen-bond donors (Lipinski definition) is 1. The molecular formula is C15H21N5. The van der Waals surface area contributed by atoms with Crippen molar-refractivity contribution in [2.24, 2.45) is 0 Å². The summed E-state index contributed by atoms with van der Waals surface area (Å²) in [5.74, 6) is 0.545. The van der Waals surface area contributed by atoms with E-state index in [4.69, 9.17) is 5.73 Å². The lowest BCUT2D eigenvalue weighted by atomic mass is 9.75. The number of rotatable bonds is 4. The molecule has 2 heterocycles. The molecule has 0 unspecified atom stereocenters. The molecule has 1 fully saturated rings. The Balaban J connectivity index is 1.89. The van der Waals surface area contributed by atoms with Gasteiger partial charge in [0.25, 0.3) is 0 Å². The summed E-state index contributed by atoms with van der Waals surface area (Å²) in [5.41, 5.74) is 8.09. The molecule has 1 aliphatic carbocycles. The number of likely N-dealkylation sites (N-methyl/N-ethyl adjacent to an activating group) is 1. The molecule has 2 aromatic rings. The molecule has 2 N–H and O–H groups in total. The summed E-state index contributed by atoms with van der Waals surface area (Å²) >= 11 is 0. The Bertz CT molecular complexity index is 581. The van der Waals surface area contributed by atoms with Gasteiger partial charge in [-0.15, -0.1) is 0 Å². The molecule has 2 aromatic heterocycles. The van der Waals surface area contributed by atoms with Gasteiger partial charge in [0.05, 0.1) is 18.2 Å². The lowest BCUT2D eigenvalue weighted by molar-refractivity contribution is 0.0428. The van der Waals surface area contributed by atoms with E-state index in [1.807, 2.05) is 30.9 Å². The second-order valence-corrected chi connectivity index (χ2v) is 5.85. The number of anilines is 1. The topological polar surface area (TPSA) is 60.0 Å². The third-order valence-corrected chi connectivity index (χ3v) is 4.49. The number of hydrogen-bond acceptors (Lipinski definition) is 4. The zero-order valence-corrected chi connectivity index (χ0v) is 12.1. The maximum absolute atomic E-state index is 5.65. The standard InChI is InChI=1S/C15H21N5/c1-19(2)15(6-3-7-15)10-20-11-17-9-13(20)12-4-5-14(16)18-8-12/h4-5,8-9,11H,3,6-7,10H2,1-2H3,(H2,16,18). The molecule has 5 nitrogen and oxygen atoms in total. The molecule has 1 aliphatic rings. The van der Waals surface area contributed by atoms with E-state index in [-0.39, 0.29) is 5.54 Å². The van der Waals surface area contributed by atoms with Gasteiger partial charge in [-0.2, -0.15) is 0 Å². The van der Waals surface area contributed by atoms with Crippen LogP contribution in [0.5, 0.6) is 0 Å². The second-order valence-electron chi connectivity index (χ2n) is 5.85. The van der Waals surface area contributed by atoms with Crippen LogP contribution in [0.4, 0.5) is 5.82 Å². The van der Waals surface area contributed by atoms with Gasteiger partial charge < -0.3 is 15.2 Å². The van der Waals surface area contributed by atoms with Crippen molar-refractivity contribution in [1.82, 2.24) is 19.4 Å². The Hall–Kier alpha value is -1.88. The lowest BCUT2D eigenvalue weighted by Gasteiger charge is -2.47. The summed E-state index contributed by atoms with van der Waals surface area (Å²) in [7, 11) is 4.33. The summed E-state index contributed by atoms with van der Waals surface area (Å²) in [6.07, 6.45) is 9.43. The summed E-state index contributed by atoms with van der Waals surface area (Å²) in [5, 5.41) is 0. The fraction of sp³-hybridized carbons (Fsp3) is 0.467. The van der Waals surface area contributed by atoms with Crippen LogP contribution in [0.15, 0.2) is 30.9 Å². The molecule has 0 saturated heterocycles. The van der Waals surface area contributed by atoms with Crippen molar-refractivity contribution in [3.05, 3.63) is 30.9 Å². The van der Waals surface area contributed by atoms with E-state index in [9.17, 15) is 0 Å². The molecule has 3 rings (SSSR count). The summed E-state index contributed by atoms with van der Waals surface area (Å²) in [6, 6.07) is 3.83. The Morgan fingerprint density at radius 1 is 1.30 bits per heavy atom. The molecule has 0 amide bonds. The van der Waals surface area contributed by atoms with Crippen LogP contribution in [-0.2, 0) is 6.54 Å². The van der Waals surface area contributed by atoms with Crippen LogP contribution in [0.1, 0.15) is 19.3 Å². The molecule has 20 heavy (non-hydrogen) atoms. The third kappa shape index (κ3) is 2.18. The molecule has 0 atom stereocenters. The molecular weight excluding hydrogens is 250 g/mol. The van der Waals surface area contributed by atoms with E-state index in [1.54, 1.807) is 0 Å². The highest BCUT2D eigenvalue weighted by Crippen LogP contribution is 2.38. The van der Waals surface area contributed by atoms with Gasteiger partial charge in [0.15, 0.2) is 0 Å². The van der Waals surface area contributed by atoms with Gasteiger partial charge >= 0.3 is 0 Å². The molecule has 1 saturated carbocycles. The van der Waals surface area contributed by atoms with Gasteiger partial charge in [-0.05, 0) is 45.5 Å². The van der Waals surface area contributed by atoms with Gasteiger partial charge in [-0.1, -0.05) is 0 Å². The highest BCUT2D eigenvalue weighted by atomic mass is 15.2. The van der Waals surface area contributed by atoms with Crippen LogP contribution in [0.3, 0.4) is 0 Å². The monoisotopic (exact) mass is 271 g/mol. The SMILES string of the molecule is CN(C)C1(Cn2cncc2-c2ccc(N)nc2)CCC1. The minimum atomic E-state index is 0.274. The quantitative estimate of drug-likeness (QED) is 0.924. The highest BCUT2D eigenvalue weighted by Gasteiger charge is 2.39.